The van der Waals surface area contributed by atoms with Crippen molar-refractivity contribution in [2.45, 2.75) is 12.5 Å². The SMILES string of the molecule is C[NH+](C)CCCN1C(=O)C([O-])=C(C(=O)c2cc3ccccc3o2)C1c1ccco1. The first kappa shape index (κ1) is 19.0. The van der Waals surface area contributed by atoms with Crippen LogP contribution in [0.3, 0.4) is 0 Å². The van der Waals surface area contributed by atoms with Crippen molar-refractivity contribution in [1.29, 1.82) is 0 Å². The van der Waals surface area contributed by atoms with Gasteiger partial charge in [0.1, 0.15) is 17.4 Å². The summed E-state index contributed by atoms with van der Waals surface area (Å²) in [6.07, 6.45) is 2.17. The first-order valence-corrected chi connectivity index (χ1v) is 9.55. The van der Waals surface area contributed by atoms with Crippen LogP contribution in [-0.4, -0.2) is 43.8 Å². The smallest absolute Gasteiger partial charge is 0.240 e. The van der Waals surface area contributed by atoms with Gasteiger partial charge in [-0.2, -0.15) is 0 Å². The first-order chi connectivity index (χ1) is 14.0. The van der Waals surface area contributed by atoms with Gasteiger partial charge in [-0.15, -0.1) is 0 Å². The molecule has 1 atom stereocenters. The van der Waals surface area contributed by atoms with Crippen molar-refractivity contribution in [1.82, 2.24) is 4.90 Å². The van der Waals surface area contributed by atoms with Crippen LogP contribution in [0.15, 0.2) is 68.9 Å². The molecule has 1 amide bonds. The molecule has 150 valence electrons. The quantitative estimate of drug-likeness (QED) is 0.603. The Hall–Kier alpha value is -3.32. The molecular formula is C22H22N2O5. The minimum Gasteiger partial charge on any atom is -0.868 e. The van der Waals surface area contributed by atoms with E-state index < -0.39 is 23.5 Å². The summed E-state index contributed by atoms with van der Waals surface area (Å²) in [5.41, 5.74) is 0.426. The lowest BCUT2D eigenvalue weighted by Crippen LogP contribution is -3.05. The zero-order valence-electron chi connectivity index (χ0n) is 16.3. The van der Waals surface area contributed by atoms with E-state index in [0.717, 1.165) is 11.9 Å². The Morgan fingerprint density at radius 1 is 1.21 bits per heavy atom. The molecule has 1 aromatic carbocycles. The Kier molecular flexibility index (Phi) is 4.98. The zero-order chi connectivity index (χ0) is 20.5. The van der Waals surface area contributed by atoms with Crippen LogP contribution >= 0.6 is 0 Å². The topological polar surface area (TPSA) is 91.2 Å². The number of hydrogen-bond donors (Lipinski definition) is 1. The Morgan fingerprint density at radius 2 is 2.00 bits per heavy atom. The Balaban J connectivity index is 1.71. The predicted octanol–water partition coefficient (Wildman–Crippen LogP) is 0.941. The van der Waals surface area contributed by atoms with Gasteiger partial charge >= 0.3 is 0 Å². The first-order valence-electron chi connectivity index (χ1n) is 9.55. The highest BCUT2D eigenvalue weighted by Crippen LogP contribution is 2.38. The second-order valence-corrected chi connectivity index (χ2v) is 7.45. The van der Waals surface area contributed by atoms with Crippen LogP contribution in [0, 0.1) is 0 Å². The molecule has 0 radical (unpaired) electrons. The monoisotopic (exact) mass is 394 g/mol. The number of rotatable bonds is 7. The molecule has 0 bridgehead atoms. The summed E-state index contributed by atoms with van der Waals surface area (Å²) < 4.78 is 11.1. The van der Waals surface area contributed by atoms with Crippen LogP contribution in [0.2, 0.25) is 0 Å². The van der Waals surface area contributed by atoms with Gasteiger partial charge in [-0.25, -0.2) is 0 Å². The number of benzene rings is 1. The normalized spacial score (nSPS) is 17.1. The lowest BCUT2D eigenvalue weighted by molar-refractivity contribution is -0.858. The maximum absolute atomic E-state index is 13.2. The molecular weight excluding hydrogens is 372 g/mol. The van der Waals surface area contributed by atoms with Crippen molar-refractivity contribution in [3.63, 3.8) is 0 Å². The van der Waals surface area contributed by atoms with E-state index in [0.29, 0.717) is 24.3 Å². The van der Waals surface area contributed by atoms with Crippen LogP contribution < -0.4 is 10.0 Å². The molecule has 0 aliphatic carbocycles. The Morgan fingerprint density at radius 3 is 2.69 bits per heavy atom. The summed E-state index contributed by atoms with van der Waals surface area (Å²) in [4.78, 5) is 28.6. The molecule has 1 N–H and O–H groups in total. The van der Waals surface area contributed by atoms with Crippen LogP contribution in [0.5, 0.6) is 0 Å². The van der Waals surface area contributed by atoms with Gasteiger partial charge in [0.25, 0.3) is 0 Å². The molecule has 2 aromatic heterocycles. The number of carbonyl (C=O) groups excluding carboxylic acids is 2. The fourth-order valence-electron chi connectivity index (χ4n) is 3.67. The van der Waals surface area contributed by atoms with Crippen LogP contribution in [0.4, 0.5) is 0 Å². The van der Waals surface area contributed by atoms with Gasteiger partial charge in [0.2, 0.25) is 11.7 Å². The van der Waals surface area contributed by atoms with Gasteiger partial charge in [0.15, 0.2) is 5.76 Å². The van der Waals surface area contributed by atoms with Crippen LogP contribution in [0.25, 0.3) is 11.0 Å². The number of Topliss-reactive ketones (excluding diaryl/α,β-unsaturated/α-hetero) is 1. The fourth-order valence-corrected chi connectivity index (χ4v) is 3.67. The van der Waals surface area contributed by atoms with Gasteiger partial charge in [-0.1, -0.05) is 18.2 Å². The average Bonchev–Trinajstić information content (AvgIpc) is 3.41. The number of nitrogens with one attached hydrogen (secondary N) is 1. The van der Waals surface area contributed by atoms with Gasteiger partial charge in [-0.05, 0) is 30.0 Å². The highest BCUT2D eigenvalue weighted by molar-refractivity contribution is 6.15. The molecule has 7 nitrogen and oxygen atoms in total. The molecule has 7 heteroatoms. The number of fused-ring (bicyclic) bond motifs is 1. The van der Waals surface area contributed by atoms with Crippen molar-refractivity contribution < 1.29 is 28.4 Å². The third-order valence-electron chi connectivity index (χ3n) is 5.07. The number of nitrogens with zero attached hydrogens (tertiary/aromatic N) is 1. The largest absolute Gasteiger partial charge is 0.868 e. The highest BCUT2D eigenvalue weighted by Gasteiger charge is 2.41. The summed E-state index contributed by atoms with van der Waals surface area (Å²) in [6, 6.07) is 11.3. The van der Waals surface area contributed by atoms with E-state index in [1.165, 1.54) is 16.1 Å². The van der Waals surface area contributed by atoms with Crippen molar-refractivity contribution in [3.8, 4) is 0 Å². The number of furan rings is 2. The van der Waals surface area contributed by atoms with E-state index in [1.807, 2.05) is 26.2 Å². The molecule has 1 unspecified atom stereocenters. The van der Waals surface area contributed by atoms with E-state index in [9.17, 15) is 14.7 Å². The molecule has 0 spiro atoms. The number of para-hydroxylation sites is 1. The van der Waals surface area contributed by atoms with Gasteiger partial charge in [0, 0.05) is 23.9 Å². The molecule has 3 heterocycles. The average molecular weight is 394 g/mol. The number of hydrogen-bond acceptors (Lipinski definition) is 5. The van der Waals surface area contributed by atoms with Crippen molar-refractivity contribution in [2.24, 2.45) is 0 Å². The molecule has 1 aliphatic heterocycles. The van der Waals surface area contributed by atoms with E-state index in [-0.39, 0.29) is 11.3 Å². The number of ketones is 1. The molecule has 0 saturated carbocycles. The molecule has 1 aliphatic rings. The third-order valence-corrected chi connectivity index (χ3v) is 5.07. The molecule has 29 heavy (non-hydrogen) atoms. The van der Waals surface area contributed by atoms with Gasteiger partial charge < -0.3 is 23.7 Å². The molecule has 0 fully saturated rings. The van der Waals surface area contributed by atoms with Gasteiger partial charge in [0.05, 0.1) is 26.9 Å². The lowest BCUT2D eigenvalue weighted by Gasteiger charge is -2.25. The standard InChI is InChI=1S/C22H22N2O5/c1-23(2)10-6-11-24-19(16-9-5-12-28-16)18(21(26)22(24)27)20(25)17-13-14-7-3-4-8-15(14)29-17/h3-5,7-9,12-13,19,26H,6,10-11H2,1-2H3. The molecule has 4 rings (SSSR count). The Labute approximate surface area is 167 Å². The summed E-state index contributed by atoms with van der Waals surface area (Å²) in [5.74, 6) is -1.63. The second kappa shape index (κ2) is 7.60. The third kappa shape index (κ3) is 3.45. The second-order valence-electron chi connectivity index (χ2n) is 7.45. The predicted molar refractivity (Wildman–Crippen MR) is 103 cm³/mol. The minimum absolute atomic E-state index is 0.0403. The lowest BCUT2D eigenvalue weighted by atomic mass is 9.99. The number of carbonyl (C=O) groups is 2. The minimum atomic E-state index is -0.845. The fraction of sp³-hybridized carbons (Fsp3) is 0.273. The summed E-state index contributed by atoms with van der Waals surface area (Å²) in [6.45, 7) is 1.19. The van der Waals surface area contributed by atoms with Gasteiger partial charge in [-0.3, -0.25) is 9.59 Å². The van der Waals surface area contributed by atoms with Crippen LogP contribution in [-0.2, 0) is 4.79 Å². The van der Waals surface area contributed by atoms with E-state index in [2.05, 4.69) is 0 Å². The molecule has 0 saturated heterocycles. The zero-order valence-corrected chi connectivity index (χ0v) is 16.3. The van der Waals surface area contributed by atoms with Crippen molar-refractivity contribution in [2.75, 3.05) is 27.2 Å². The molecule has 3 aromatic rings. The maximum Gasteiger partial charge on any atom is 0.240 e. The number of quaternary nitrogens is 1. The summed E-state index contributed by atoms with van der Waals surface area (Å²) in [5, 5.41) is 13.6. The van der Waals surface area contributed by atoms with Crippen LogP contribution in [0.1, 0.15) is 28.8 Å². The van der Waals surface area contributed by atoms with E-state index >= 15 is 0 Å². The van der Waals surface area contributed by atoms with Crippen molar-refractivity contribution >= 4 is 22.7 Å². The van der Waals surface area contributed by atoms with E-state index in [4.69, 9.17) is 8.83 Å². The Bertz CT molecular complexity index is 1040. The van der Waals surface area contributed by atoms with E-state index in [1.54, 1.807) is 30.3 Å². The summed E-state index contributed by atoms with van der Waals surface area (Å²) >= 11 is 0. The summed E-state index contributed by atoms with van der Waals surface area (Å²) in [7, 11) is 4.03. The highest BCUT2D eigenvalue weighted by atomic mass is 16.3. The number of amides is 1. The maximum atomic E-state index is 13.2. The van der Waals surface area contributed by atoms with Crippen molar-refractivity contribution in [3.05, 3.63) is 71.6 Å².